The Hall–Kier alpha value is -3.62. The summed E-state index contributed by atoms with van der Waals surface area (Å²) in [6, 6.07) is 20.7. The van der Waals surface area contributed by atoms with Crippen LogP contribution < -0.4 is 91.5 Å². The summed E-state index contributed by atoms with van der Waals surface area (Å²) in [5, 5.41) is 24.6. The van der Waals surface area contributed by atoms with Gasteiger partial charge in [-0.1, -0.05) is 36.4 Å². The minimum absolute atomic E-state index is 0. The topological polar surface area (TPSA) is 242 Å². The number of phenols is 1. The van der Waals surface area contributed by atoms with Crippen LogP contribution in [-0.4, -0.2) is 31.0 Å². The number of hydrogen-bond acceptors (Lipinski definition) is 15. The Kier molecular flexibility index (Phi) is 12.5. The van der Waals surface area contributed by atoms with Crippen molar-refractivity contribution in [2.24, 2.45) is 20.4 Å². The van der Waals surface area contributed by atoms with Crippen molar-refractivity contribution in [2.45, 2.75) is 9.79 Å². The fraction of sp³-hybridized carbons (Fsp3) is 0. The molecule has 0 amide bonds. The molecule has 0 saturated heterocycles. The molecule has 19 heteroatoms. The number of para-hydroxylation sites is 2. The van der Waals surface area contributed by atoms with Crippen molar-refractivity contribution >= 4 is 53.8 Å². The Morgan fingerprint density at radius 2 is 1.11 bits per heavy atom. The zero-order valence-corrected chi connectivity index (χ0v) is 30.1. The number of hydrogen-bond donors (Lipinski definition) is 3. The van der Waals surface area contributed by atoms with Crippen LogP contribution in [0.1, 0.15) is 0 Å². The first-order chi connectivity index (χ1) is 21.3. The molecule has 47 heavy (non-hydrogen) atoms. The van der Waals surface area contributed by atoms with Crippen molar-refractivity contribution in [1.82, 2.24) is 0 Å². The summed E-state index contributed by atoms with van der Waals surface area (Å²) < 4.78 is 70.1. The van der Waals surface area contributed by atoms with Gasteiger partial charge in [0.05, 0.1) is 32.2 Å². The van der Waals surface area contributed by atoms with E-state index < -0.39 is 63.4 Å². The first-order valence-corrected chi connectivity index (χ1v) is 15.4. The van der Waals surface area contributed by atoms with Crippen LogP contribution in [0.15, 0.2) is 131 Å². The average molecular weight is 693 g/mol. The molecule has 0 spiro atoms. The number of nitrogens with zero attached hydrogens (tertiary/aromatic N) is 4. The van der Waals surface area contributed by atoms with E-state index in [9.17, 15) is 40.6 Å². The molecule has 0 heterocycles. The van der Waals surface area contributed by atoms with Gasteiger partial charge < -0.3 is 14.2 Å². The van der Waals surface area contributed by atoms with Crippen LogP contribution >= 0.6 is 0 Å². The Morgan fingerprint density at radius 1 is 0.617 bits per heavy atom. The third-order valence-corrected chi connectivity index (χ3v) is 7.74. The molecule has 15 nitrogen and oxygen atoms in total. The molecule has 0 aliphatic heterocycles. The molecule has 0 aliphatic rings. The third kappa shape index (κ3) is 9.05. The van der Waals surface area contributed by atoms with Gasteiger partial charge in [0, 0.05) is 6.07 Å². The first-order valence-electron chi connectivity index (χ1n) is 12.5. The summed E-state index contributed by atoms with van der Waals surface area (Å²) in [6.07, 6.45) is 0. The van der Waals surface area contributed by atoms with Crippen LogP contribution in [-0.2, 0) is 20.2 Å². The van der Waals surface area contributed by atoms with E-state index in [2.05, 4.69) is 31.3 Å². The normalized spacial score (nSPS) is 12.5. The largest absolute Gasteiger partial charge is 1.00 e. The minimum Gasteiger partial charge on any atom is -0.744 e. The third-order valence-electron chi connectivity index (χ3n) is 6.12. The molecule has 0 aliphatic carbocycles. The van der Waals surface area contributed by atoms with E-state index in [1.165, 1.54) is 0 Å². The zero-order valence-electron chi connectivity index (χ0n) is 24.5. The van der Waals surface area contributed by atoms with Crippen LogP contribution in [0.2, 0.25) is 0 Å². The SMILES string of the molecule is O=c1c(N=Nc2cc(S(=O)(=O)[O-])cc3cc(S(=O)(=O)[O-])cc(O)c23)c/c(=N/Nc2ccccc2)c(=O)/c1=N/Nc1ccccc1.[Na+].[Na+]. The molecule has 0 fully saturated rings. The maximum atomic E-state index is 13.3. The van der Waals surface area contributed by atoms with E-state index >= 15 is 0 Å². The van der Waals surface area contributed by atoms with Gasteiger partial charge in [-0.15, -0.1) is 10.2 Å². The maximum Gasteiger partial charge on any atom is 1.00 e. The average Bonchev–Trinajstić information content (AvgIpc) is 2.99. The Labute approximate surface area is 310 Å². The fourth-order valence-electron chi connectivity index (χ4n) is 4.03. The molecule has 5 aromatic rings. The molecule has 0 bridgehead atoms. The molecule has 0 atom stereocenters. The molecule has 0 unspecified atom stereocenters. The zero-order chi connectivity index (χ0) is 32.4. The van der Waals surface area contributed by atoms with Gasteiger partial charge in [0.1, 0.15) is 37.0 Å². The summed E-state index contributed by atoms with van der Waals surface area (Å²) in [7, 11) is -10.3. The number of rotatable bonds is 8. The number of nitrogens with one attached hydrogen (secondary N) is 2. The van der Waals surface area contributed by atoms with E-state index in [0.717, 1.165) is 24.3 Å². The van der Waals surface area contributed by atoms with Crippen LogP contribution in [0.25, 0.3) is 10.8 Å². The van der Waals surface area contributed by atoms with Gasteiger partial charge in [-0.3, -0.25) is 20.4 Å². The second-order valence-electron chi connectivity index (χ2n) is 9.19. The van der Waals surface area contributed by atoms with E-state index in [1.807, 2.05) is 0 Å². The van der Waals surface area contributed by atoms with Crippen molar-refractivity contribution in [3.63, 3.8) is 0 Å². The van der Waals surface area contributed by atoms with Crippen molar-refractivity contribution in [1.29, 1.82) is 0 Å². The molecule has 3 N–H and O–H groups in total. The second-order valence-corrected chi connectivity index (χ2v) is 12.0. The first kappa shape index (κ1) is 37.8. The number of anilines is 2. The number of benzene rings is 5. The summed E-state index contributed by atoms with van der Waals surface area (Å²) in [4.78, 5) is 24.7. The van der Waals surface area contributed by atoms with Gasteiger partial charge in [0.25, 0.3) is 0 Å². The maximum absolute atomic E-state index is 13.3. The Morgan fingerprint density at radius 3 is 1.64 bits per heavy atom. The summed E-state index contributed by atoms with van der Waals surface area (Å²) >= 11 is 0. The minimum atomic E-state index is -5.17. The van der Waals surface area contributed by atoms with Crippen LogP contribution in [0.5, 0.6) is 5.75 Å². The molecule has 228 valence electrons. The van der Waals surface area contributed by atoms with Crippen molar-refractivity contribution in [3.8, 4) is 5.75 Å². The molecule has 5 aromatic carbocycles. The monoisotopic (exact) mass is 692 g/mol. The summed E-state index contributed by atoms with van der Waals surface area (Å²) in [5.41, 5.74) is 3.36. The van der Waals surface area contributed by atoms with E-state index in [4.69, 9.17) is 0 Å². The molecule has 0 aromatic heterocycles. The van der Waals surface area contributed by atoms with Crippen molar-refractivity contribution < 1.29 is 90.2 Å². The fourth-order valence-corrected chi connectivity index (χ4v) is 5.08. The van der Waals surface area contributed by atoms with E-state index in [-0.39, 0.29) is 75.2 Å². The molecule has 5 rings (SSSR count). The van der Waals surface area contributed by atoms with E-state index in [0.29, 0.717) is 17.4 Å². The standard InChI is InChI=1S/C28H20N6O9S2.2Na/c35-24-14-20(45(41,42)43)12-16-11-19(44(38,39)40)13-21(25(16)24)31-33-23-15-22(32-29-17-7-3-1-4-8-17)27(36)26(28(23)37)34-30-18-9-5-2-6-10-18;;/h1-15,29-30,35H,(H,38,39,40)(H,41,42,43);;/q;2*+1/p-2/b32-22-,33-31?,34-26-;;. The number of azo groups is 1. The predicted molar refractivity (Wildman–Crippen MR) is 158 cm³/mol. The predicted octanol–water partition coefficient (Wildman–Crippen LogP) is -3.77. The van der Waals surface area contributed by atoms with Gasteiger partial charge in [0.15, 0.2) is 5.36 Å². The quantitative estimate of drug-likeness (QED) is 0.0617. The van der Waals surface area contributed by atoms with Crippen LogP contribution in [0, 0.1) is 0 Å². The van der Waals surface area contributed by atoms with Gasteiger partial charge in [-0.25, -0.2) is 16.8 Å². The second kappa shape index (κ2) is 15.5. The smallest absolute Gasteiger partial charge is 0.744 e. The van der Waals surface area contributed by atoms with Crippen molar-refractivity contribution in [3.05, 3.63) is 122 Å². The summed E-state index contributed by atoms with van der Waals surface area (Å²) in [5.74, 6) is -0.812. The van der Waals surface area contributed by atoms with Gasteiger partial charge in [-0.05, 0) is 53.9 Å². The van der Waals surface area contributed by atoms with Gasteiger partial charge in [0.2, 0.25) is 10.9 Å². The molecular weight excluding hydrogens is 674 g/mol. The van der Waals surface area contributed by atoms with E-state index in [1.54, 1.807) is 60.7 Å². The molecule has 0 saturated carbocycles. The van der Waals surface area contributed by atoms with Crippen LogP contribution in [0.3, 0.4) is 0 Å². The van der Waals surface area contributed by atoms with Gasteiger partial charge >= 0.3 is 59.1 Å². The molecule has 0 radical (unpaired) electrons. The van der Waals surface area contributed by atoms with Gasteiger partial charge in [-0.2, -0.15) is 10.2 Å². The number of aromatic hydroxyl groups is 1. The van der Waals surface area contributed by atoms with Crippen molar-refractivity contribution in [2.75, 3.05) is 10.9 Å². The van der Waals surface area contributed by atoms with Crippen LogP contribution in [0.4, 0.5) is 22.7 Å². The molecular formula is C28H18N6Na2O9S2. The Balaban J connectivity index is 0.00000300. The number of fused-ring (bicyclic) bond motifs is 1. The number of phenolic OH excluding ortho intramolecular Hbond substituents is 1. The summed E-state index contributed by atoms with van der Waals surface area (Å²) in [6.45, 7) is 0. The Bertz CT molecular complexity index is 2440.